The average molecular weight is 250 g/mol. The summed E-state index contributed by atoms with van der Waals surface area (Å²) in [5.74, 6) is 1.87. The van der Waals surface area contributed by atoms with Gasteiger partial charge >= 0.3 is 0 Å². The largest absolute Gasteiger partial charge is 0.370 e. The second kappa shape index (κ2) is 5.31. The molecule has 0 bridgehead atoms. The van der Waals surface area contributed by atoms with Gasteiger partial charge in [-0.05, 0) is 44.2 Å². The van der Waals surface area contributed by atoms with E-state index in [1.54, 1.807) is 0 Å². The molecular formula is C14H26N4. The highest BCUT2D eigenvalue weighted by atomic mass is 15.3. The van der Waals surface area contributed by atoms with Gasteiger partial charge in [0, 0.05) is 19.7 Å². The summed E-state index contributed by atoms with van der Waals surface area (Å²) in [6, 6.07) is 2.11. The first-order chi connectivity index (χ1) is 8.49. The predicted molar refractivity (Wildman–Crippen MR) is 75.8 cm³/mol. The molecule has 0 spiro atoms. The molecule has 2 rings (SSSR count). The molecule has 1 fully saturated rings. The number of aromatic nitrogens is 2. The van der Waals surface area contributed by atoms with Crippen molar-refractivity contribution in [3.63, 3.8) is 0 Å². The fraction of sp³-hybridized carbons (Fsp3) is 0.786. The first-order valence-corrected chi connectivity index (χ1v) is 6.94. The lowest BCUT2D eigenvalue weighted by molar-refractivity contribution is 0.185. The molecular weight excluding hydrogens is 224 g/mol. The van der Waals surface area contributed by atoms with Crippen LogP contribution < -0.4 is 10.6 Å². The van der Waals surface area contributed by atoms with Gasteiger partial charge in [0.25, 0.3) is 0 Å². The second-order valence-electron chi connectivity index (χ2n) is 6.18. The third-order valence-electron chi connectivity index (χ3n) is 4.13. The third-order valence-corrected chi connectivity index (χ3v) is 4.13. The van der Waals surface area contributed by atoms with Crippen molar-refractivity contribution in [1.82, 2.24) is 15.1 Å². The predicted octanol–water partition coefficient (Wildman–Crippen LogP) is 2.17. The van der Waals surface area contributed by atoms with E-state index in [2.05, 4.69) is 35.6 Å². The quantitative estimate of drug-likeness (QED) is 0.860. The summed E-state index contributed by atoms with van der Waals surface area (Å²) in [6.45, 7) is 10.1. The number of anilines is 1. The SMILES string of the molecule is Cc1cc(NCC(C)(C)C2CCCNC2)n(C)n1. The van der Waals surface area contributed by atoms with Gasteiger partial charge in [-0.25, -0.2) is 0 Å². The van der Waals surface area contributed by atoms with Crippen molar-refractivity contribution < 1.29 is 0 Å². The fourth-order valence-electron chi connectivity index (χ4n) is 2.76. The molecule has 1 aromatic heterocycles. The third kappa shape index (κ3) is 3.05. The molecule has 4 heteroatoms. The van der Waals surface area contributed by atoms with Gasteiger partial charge in [-0.1, -0.05) is 13.8 Å². The fourth-order valence-corrected chi connectivity index (χ4v) is 2.76. The highest BCUT2D eigenvalue weighted by Crippen LogP contribution is 2.31. The van der Waals surface area contributed by atoms with Crippen LogP contribution in [-0.2, 0) is 7.05 Å². The van der Waals surface area contributed by atoms with E-state index in [1.807, 2.05) is 18.7 Å². The van der Waals surface area contributed by atoms with Crippen molar-refractivity contribution in [2.75, 3.05) is 25.0 Å². The van der Waals surface area contributed by atoms with Crippen molar-refractivity contribution in [1.29, 1.82) is 0 Å². The van der Waals surface area contributed by atoms with Crippen LogP contribution in [0.5, 0.6) is 0 Å². The maximum atomic E-state index is 4.37. The summed E-state index contributed by atoms with van der Waals surface area (Å²) >= 11 is 0. The standard InChI is InChI=1S/C14H26N4/c1-11-8-13(18(4)17-11)16-10-14(2,3)12-6-5-7-15-9-12/h8,12,15-16H,5-7,9-10H2,1-4H3. The Morgan fingerprint density at radius 1 is 1.56 bits per heavy atom. The van der Waals surface area contributed by atoms with Crippen LogP contribution in [0.3, 0.4) is 0 Å². The van der Waals surface area contributed by atoms with Crippen LogP contribution in [0.4, 0.5) is 5.82 Å². The number of hydrogen-bond acceptors (Lipinski definition) is 3. The molecule has 1 atom stereocenters. The van der Waals surface area contributed by atoms with Gasteiger partial charge < -0.3 is 10.6 Å². The van der Waals surface area contributed by atoms with Crippen molar-refractivity contribution in [2.24, 2.45) is 18.4 Å². The Morgan fingerprint density at radius 2 is 2.33 bits per heavy atom. The minimum atomic E-state index is 0.311. The Labute approximate surface area is 110 Å². The van der Waals surface area contributed by atoms with E-state index < -0.39 is 0 Å². The van der Waals surface area contributed by atoms with Crippen molar-refractivity contribution in [3.05, 3.63) is 11.8 Å². The Morgan fingerprint density at radius 3 is 2.89 bits per heavy atom. The smallest absolute Gasteiger partial charge is 0.124 e. The summed E-state index contributed by atoms with van der Waals surface area (Å²) in [4.78, 5) is 0. The lowest BCUT2D eigenvalue weighted by atomic mass is 9.75. The zero-order valence-corrected chi connectivity index (χ0v) is 12.1. The maximum absolute atomic E-state index is 4.37. The molecule has 0 aliphatic carbocycles. The number of nitrogens with zero attached hydrogens (tertiary/aromatic N) is 2. The number of rotatable bonds is 4. The van der Waals surface area contributed by atoms with Gasteiger partial charge in [0.2, 0.25) is 0 Å². The lowest BCUT2D eigenvalue weighted by Crippen LogP contribution is -2.41. The van der Waals surface area contributed by atoms with E-state index in [0.29, 0.717) is 5.41 Å². The monoisotopic (exact) mass is 250 g/mol. The molecule has 18 heavy (non-hydrogen) atoms. The molecule has 0 saturated carbocycles. The van der Waals surface area contributed by atoms with Crippen LogP contribution in [0.1, 0.15) is 32.4 Å². The van der Waals surface area contributed by atoms with Gasteiger partial charge in [0.1, 0.15) is 5.82 Å². The van der Waals surface area contributed by atoms with Gasteiger partial charge in [0.05, 0.1) is 5.69 Å². The van der Waals surface area contributed by atoms with Crippen molar-refractivity contribution in [3.8, 4) is 0 Å². The van der Waals surface area contributed by atoms with Crippen LogP contribution in [0.25, 0.3) is 0 Å². The summed E-state index contributed by atoms with van der Waals surface area (Å²) < 4.78 is 1.92. The van der Waals surface area contributed by atoms with E-state index in [9.17, 15) is 0 Å². The summed E-state index contributed by atoms with van der Waals surface area (Å²) in [5, 5.41) is 11.4. The molecule has 2 N–H and O–H groups in total. The minimum absolute atomic E-state index is 0.311. The Hall–Kier alpha value is -1.03. The molecule has 102 valence electrons. The number of piperidine rings is 1. The molecule has 1 saturated heterocycles. The highest BCUT2D eigenvalue weighted by Gasteiger charge is 2.30. The molecule has 0 radical (unpaired) electrons. The van der Waals surface area contributed by atoms with E-state index >= 15 is 0 Å². The van der Waals surface area contributed by atoms with Gasteiger partial charge in [-0.15, -0.1) is 0 Å². The van der Waals surface area contributed by atoms with Crippen molar-refractivity contribution >= 4 is 5.82 Å². The summed E-state index contributed by atoms with van der Waals surface area (Å²) in [5.41, 5.74) is 1.38. The molecule has 1 aliphatic heterocycles. The Kier molecular flexibility index (Phi) is 3.95. The number of aryl methyl sites for hydroxylation is 2. The average Bonchev–Trinajstić information content (AvgIpc) is 2.67. The Balaban J connectivity index is 1.93. The zero-order valence-electron chi connectivity index (χ0n) is 12.1. The van der Waals surface area contributed by atoms with E-state index in [4.69, 9.17) is 0 Å². The van der Waals surface area contributed by atoms with Gasteiger partial charge in [-0.2, -0.15) is 5.10 Å². The molecule has 1 aliphatic rings. The van der Waals surface area contributed by atoms with Crippen LogP contribution >= 0.6 is 0 Å². The lowest BCUT2D eigenvalue weighted by Gasteiger charge is -2.37. The first kappa shape index (κ1) is 13.4. The van der Waals surface area contributed by atoms with E-state index in [1.165, 1.54) is 19.4 Å². The zero-order chi connectivity index (χ0) is 13.2. The van der Waals surface area contributed by atoms with Crippen LogP contribution in [-0.4, -0.2) is 29.4 Å². The molecule has 4 nitrogen and oxygen atoms in total. The van der Waals surface area contributed by atoms with E-state index in [0.717, 1.165) is 30.5 Å². The Bertz CT molecular complexity index is 388. The molecule has 1 unspecified atom stereocenters. The molecule has 1 aromatic rings. The van der Waals surface area contributed by atoms with E-state index in [-0.39, 0.29) is 0 Å². The second-order valence-corrected chi connectivity index (χ2v) is 6.18. The summed E-state index contributed by atoms with van der Waals surface area (Å²) in [7, 11) is 1.99. The van der Waals surface area contributed by atoms with Crippen LogP contribution in [0, 0.1) is 18.3 Å². The highest BCUT2D eigenvalue weighted by molar-refractivity contribution is 5.36. The molecule has 0 aromatic carbocycles. The molecule has 2 heterocycles. The van der Waals surface area contributed by atoms with Crippen LogP contribution in [0.15, 0.2) is 6.07 Å². The molecule has 0 amide bonds. The number of nitrogens with one attached hydrogen (secondary N) is 2. The van der Waals surface area contributed by atoms with Crippen molar-refractivity contribution in [2.45, 2.75) is 33.6 Å². The normalized spacial score (nSPS) is 21.0. The van der Waals surface area contributed by atoms with Crippen LogP contribution in [0.2, 0.25) is 0 Å². The maximum Gasteiger partial charge on any atom is 0.124 e. The first-order valence-electron chi connectivity index (χ1n) is 6.94. The van der Waals surface area contributed by atoms with Gasteiger partial charge in [0.15, 0.2) is 0 Å². The topological polar surface area (TPSA) is 41.9 Å². The minimum Gasteiger partial charge on any atom is -0.370 e. The van der Waals surface area contributed by atoms with Gasteiger partial charge in [-0.3, -0.25) is 4.68 Å². The number of hydrogen-bond donors (Lipinski definition) is 2. The summed E-state index contributed by atoms with van der Waals surface area (Å²) in [6.07, 6.45) is 2.64.